The van der Waals surface area contributed by atoms with Crippen LogP contribution in [0.3, 0.4) is 0 Å². The minimum Gasteiger partial charge on any atom is -0.300 e. The van der Waals surface area contributed by atoms with E-state index >= 15 is 0 Å². The number of alkyl halides is 3. The minimum atomic E-state index is -4.35. The Morgan fingerprint density at radius 1 is 1.12 bits per heavy atom. The fourth-order valence-electron chi connectivity index (χ4n) is 4.59. The molecular weight excluding hydrogens is 447 g/mol. The first-order valence-electron chi connectivity index (χ1n) is 10.9. The summed E-state index contributed by atoms with van der Waals surface area (Å²) in [6.45, 7) is 5.24. The van der Waals surface area contributed by atoms with Crippen LogP contribution in [0.25, 0.3) is 0 Å². The Morgan fingerprint density at radius 3 is 2.39 bits per heavy atom. The summed E-state index contributed by atoms with van der Waals surface area (Å²) < 4.78 is 39.3. The quantitative estimate of drug-likeness (QED) is 0.455. The average Bonchev–Trinajstić information content (AvgIpc) is 3.22. The third kappa shape index (κ3) is 4.96. The van der Waals surface area contributed by atoms with Gasteiger partial charge in [0.05, 0.1) is 5.56 Å². The molecule has 0 bridgehead atoms. The lowest BCUT2D eigenvalue weighted by Crippen LogP contribution is -2.55. The van der Waals surface area contributed by atoms with Crippen molar-refractivity contribution in [3.8, 4) is 0 Å². The first kappa shape index (κ1) is 23.4. The maximum absolute atomic E-state index is 13.1. The number of likely N-dealkylation sites (tertiary alicyclic amines) is 1. The van der Waals surface area contributed by atoms with Crippen LogP contribution in [0.2, 0.25) is 0 Å². The van der Waals surface area contributed by atoms with Crippen molar-refractivity contribution in [2.75, 3.05) is 18.0 Å². The molecule has 0 spiro atoms. The van der Waals surface area contributed by atoms with Crippen molar-refractivity contribution in [2.24, 2.45) is 0 Å². The van der Waals surface area contributed by atoms with E-state index in [0.717, 1.165) is 22.5 Å². The molecule has 1 aliphatic rings. The highest BCUT2D eigenvalue weighted by Gasteiger charge is 2.45. The van der Waals surface area contributed by atoms with E-state index < -0.39 is 17.3 Å². The molecule has 0 N–H and O–H groups in total. The second-order valence-corrected chi connectivity index (χ2v) is 9.35. The number of benzene rings is 2. The van der Waals surface area contributed by atoms with Gasteiger partial charge in [-0.25, -0.2) is 4.98 Å². The second-order valence-electron chi connectivity index (χ2n) is 8.49. The largest absolute Gasteiger partial charge is 0.416 e. The van der Waals surface area contributed by atoms with Crippen LogP contribution in [0.5, 0.6) is 0 Å². The molecule has 4 rings (SSSR count). The molecule has 0 aliphatic carbocycles. The van der Waals surface area contributed by atoms with Crippen molar-refractivity contribution in [1.82, 2.24) is 9.88 Å². The molecular formula is C25H26F3N3OS. The molecule has 0 atom stereocenters. The van der Waals surface area contributed by atoms with E-state index in [1.165, 1.54) is 12.1 Å². The summed E-state index contributed by atoms with van der Waals surface area (Å²) in [5.41, 5.74) is 1.16. The van der Waals surface area contributed by atoms with Gasteiger partial charge >= 0.3 is 6.18 Å². The first-order valence-corrected chi connectivity index (χ1v) is 11.7. The van der Waals surface area contributed by atoms with E-state index in [-0.39, 0.29) is 5.91 Å². The van der Waals surface area contributed by atoms with Gasteiger partial charge in [0.25, 0.3) is 0 Å². The van der Waals surface area contributed by atoms with Crippen molar-refractivity contribution in [3.63, 3.8) is 0 Å². The van der Waals surface area contributed by atoms with E-state index in [1.54, 1.807) is 24.3 Å². The number of para-hydroxylation sites is 1. The number of hydrogen-bond acceptors (Lipinski definition) is 4. The molecule has 1 fully saturated rings. The number of amides is 1. The fraction of sp³-hybridized carbons (Fsp3) is 0.360. The van der Waals surface area contributed by atoms with Gasteiger partial charge in [0.2, 0.25) is 5.91 Å². The molecule has 0 unspecified atom stereocenters. The normalized spacial score (nSPS) is 16.5. The van der Waals surface area contributed by atoms with Gasteiger partial charge in [0, 0.05) is 43.3 Å². The number of halogens is 3. The van der Waals surface area contributed by atoms with Crippen LogP contribution >= 0.6 is 11.3 Å². The number of aryl methyl sites for hydroxylation is 1. The van der Waals surface area contributed by atoms with Gasteiger partial charge in [0.1, 0.15) is 10.5 Å². The SMILES string of the molecule is CC(=O)N(c1ccccc1)C1(c2nc(C)cs2)CCN(Cc2cccc(C(F)(F)F)c2)CC1. The molecule has 1 saturated heterocycles. The van der Waals surface area contributed by atoms with Gasteiger partial charge in [0.15, 0.2) is 0 Å². The zero-order valence-corrected chi connectivity index (χ0v) is 19.4. The van der Waals surface area contributed by atoms with Crippen LogP contribution < -0.4 is 4.90 Å². The van der Waals surface area contributed by atoms with Crippen LogP contribution in [-0.4, -0.2) is 28.9 Å². The Hall–Kier alpha value is -2.71. The zero-order valence-electron chi connectivity index (χ0n) is 18.6. The number of nitrogens with zero attached hydrogens (tertiary/aromatic N) is 3. The molecule has 3 aromatic rings. The molecule has 0 saturated carbocycles. The van der Waals surface area contributed by atoms with Gasteiger partial charge < -0.3 is 0 Å². The van der Waals surface area contributed by atoms with Crippen LogP contribution in [0.15, 0.2) is 60.0 Å². The average molecular weight is 474 g/mol. The van der Waals surface area contributed by atoms with E-state index in [4.69, 9.17) is 4.98 Å². The standard InChI is InChI=1S/C25H26F3N3OS/c1-18-17-33-23(29-18)24(31(19(2)32)22-9-4-3-5-10-22)11-13-30(14-12-24)16-20-7-6-8-21(15-20)25(26,27)28/h3-10,15,17H,11-14,16H2,1-2H3. The molecule has 8 heteroatoms. The molecule has 2 heterocycles. The van der Waals surface area contributed by atoms with Crippen molar-refractivity contribution < 1.29 is 18.0 Å². The van der Waals surface area contributed by atoms with Gasteiger partial charge in [-0.3, -0.25) is 14.6 Å². The third-order valence-electron chi connectivity index (χ3n) is 6.12. The Morgan fingerprint density at radius 2 is 1.82 bits per heavy atom. The highest BCUT2D eigenvalue weighted by atomic mass is 32.1. The van der Waals surface area contributed by atoms with Gasteiger partial charge in [-0.15, -0.1) is 11.3 Å². The summed E-state index contributed by atoms with van der Waals surface area (Å²) in [4.78, 5) is 21.7. The maximum Gasteiger partial charge on any atom is 0.416 e. The second kappa shape index (κ2) is 9.27. The van der Waals surface area contributed by atoms with E-state index in [0.29, 0.717) is 38.0 Å². The summed E-state index contributed by atoms with van der Waals surface area (Å²) in [5, 5.41) is 2.90. The number of anilines is 1. The summed E-state index contributed by atoms with van der Waals surface area (Å²) in [7, 11) is 0. The number of hydrogen-bond donors (Lipinski definition) is 0. The van der Waals surface area contributed by atoms with Gasteiger partial charge in [-0.05, 0) is 43.5 Å². The van der Waals surface area contributed by atoms with Crippen molar-refractivity contribution in [2.45, 2.75) is 44.9 Å². The number of rotatable bonds is 5. The first-order chi connectivity index (χ1) is 15.7. The molecule has 1 aromatic heterocycles. The van der Waals surface area contributed by atoms with Crippen LogP contribution in [0.1, 0.15) is 41.6 Å². The molecule has 0 radical (unpaired) electrons. The van der Waals surface area contributed by atoms with Crippen LogP contribution in [0, 0.1) is 6.92 Å². The molecule has 4 nitrogen and oxygen atoms in total. The van der Waals surface area contributed by atoms with Crippen molar-refractivity contribution in [3.05, 3.63) is 81.8 Å². The van der Waals surface area contributed by atoms with Gasteiger partial charge in [-0.2, -0.15) is 13.2 Å². The van der Waals surface area contributed by atoms with Crippen molar-refractivity contribution in [1.29, 1.82) is 0 Å². The Bertz CT molecular complexity index is 1110. The number of thiazole rings is 1. The molecule has 1 amide bonds. The van der Waals surface area contributed by atoms with E-state index in [1.807, 2.05) is 47.5 Å². The topological polar surface area (TPSA) is 36.4 Å². The Labute approximate surface area is 195 Å². The summed E-state index contributed by atoms with van der Waals surface area (Å²) in [5.74, 6) is -0.0552. The number of aromatic nitrogens is 1. The summed E-state index contributed by atoms with van der Waals surface area (Å²) >= 11 is 1.56. The lowest BCUT2D eigenvalue weighted by atomic mass is 9.85. The van der Waals surface area contributed by atoms with E-state index in [9.17, 15) is 18.0 Å². The molecule has 1 aliphatic heterocycles. The smallest absolute Gasteiger partial charge is 0.300 e. The van der Waals surface area contributed by atoms with Gasteiger partial charge in [-0.1, -0.05) is 36.4 Å². The van der Waals surface area contributed by atoms with Crippen LogP contribution in [0.4, 0.5) is 18.9 Å². The minimum absolute atomic E-state index is 0.0552. The van der Waals surface area contributed by atoms with Crippen molar-refractivity contribution >= 4 is 22.9 Å². The number of carbonyl (C=O) groups excluding carboxylic acids is 1. The predicted octanol–water partition coefficient (Wildman–Crippen LogP) is 6.01. The summed E-state index contributed by atoms with van der Waals surface area (Å²) in [6, 6.07) is 15.1. The molecule has 2 aromatic carbocycles. The summed E-state index contributed by atoms with van der Waals surface area (Å²) in [6.07, 6.45) is -3.06. The highest BCUT2D eigenvalue weighted by molar-refractivity contribution is 7.09. The lowest BCUT2D eigenvalue weighted by molar-refractivity contribution is -0.137. The third-order valence-corrected chi connectivity index (χ3v) is 7.27. The number of carbonyl (C=O) groups is 1. The fourth-order valence-corrected chi connectivity index (χ4v) is 5.64. The maximum atomic E-state index is 13.1. The Balaban J connectivity index is 1.61. The highest BCUT2D eigenvalue weighted by Crippen LogP contribution is 2.43. The van der Waals surface area contributed by atoms with Crippen LogP contribution in [-0.2, 0) is 23.1 Å². The number of piperidine rings is 1. The molecule has 33 heavy (non-hydrogen) atoms. The Kier molecular flexibility index (Phi) is 6.59. The zero-order chi connectivity index (χ0) is 23.6. The monoisotopic (exact) mass is 473 g/mol. The van der Waals surface area contributed by atoms with E-state index in [2.05, 4.69) is 4.90 Å². The molecule has 174 valence electrons. The predicted molar refractivity (Wildman–Crippen MR) is 124 cm³/mol. The lowest BCUT2D eigenvalue weighted by Gasteiger charge is -2.47.